The van der Waals surface area contributed by atoms with Gasteiger partial charge in [0.25, 0.3) is 5.91 Å². The lowest BCUT2D eigenvalue weighted by molar-refractivity contribution is -0.120. The summed E-state index contributed by atoms with van der Waals surface area (Å²) in [6.07, 6.45) is 8.94. The Morgan fingerprint density at radius 1 is 1.03 bits per heavy atom. The summed E-state index contributed by atoms with van der Waals surface area (Å²) in [4.78, 5) is 24.6. The SMILES string of the molecule is C=CC(=O)NC1CC2CN(S(=O)(=O)c3ccc(C(=O)NCC45CC6CC(CC(C6)C4)C5)cc3)CC2O1. The van der Waals surface area contributed by atoms with Crippen LogP contribution in [0.2, 0.25) is 0 Å². The molecule has 0 aromatic heterocycles. The zero-order valence-electron chi connectivity index (χ0n) is 20.5. The lowest BCUT2D eigenvalue weighted by atomic mass is 9.49. The van der Waals surface area contributed by atoms with Crippen molar-refractivity contribution in [1.29, 1.82) is 0 Å². The molecule has 0 spiro atoms. The van der Waals surface area contributed by atoms with Crippen LogP contribution in [0.3, 0.4) is 0 Å². The first-order valence-electron chi connectivity index (χ1n) is 13.2. The normalized spacial score (nSPS) is 37.0. The van der Waals surface area contributed by atoms with Crippen LogP contribution in [0.5, 0.6) is 0 Å². The van der Waals surface area contributed by atoms with Crippen LogP contribution in [0, 0.1) is 29.1 Å². The van der Waals surface area contributed by atoms with Crippen LogP contribution in [0.1, 0.15) is 55.3 Å². The molecule has 2 aliphatic heterocycles. The molecule has 2 amide bonds. The van der Waals surface area contributed by atoms with Crippen molar-refractivity contribution in [2.75, 3.05) is 19.6 Å². The Morgan fingerprint density at radius 2 is 1.67 bits per heavy atom. The first-order valence-corrected chi connectivity index (χ1v) is 14.6. The summed E-state index contributed by atoms with van der Waals surface area (Å²) >= 11 is 0. The van der Waals surface area contributed by atoms with Gasteiger partial charge in [0.1, 0.15) is 6.23 Å². The Kier molecular flexibility index (Phi) is 6.00. The molecule has 3 atom stereocenters. The number of fused-ring (bicyclic) bond motifs is 1. The second-order valence-electron chi connectivity index (χ2n) is 11.8. The van der Waals surface area contributed by atoms with Gasteiger partial charge in [0.2, 0.25) is 15.9 Å². The van der Waals surface area contributed by atoms with E-state index in [0.717, 1.165) is 24.3 Å². The predicted molar refractivity (Wildman–Crippen MR) is 133 cm³/mol. The van der Waals surface area contributed by atoms with Crippen molar-refractivity contribution >= 4 is 21.8 Å². The van der Waals surface area contributed by atoms with E-state index < -0.39 is 16.3 Å². The topological polar surface area (TPSA) is 105 Å². The monoisotopic (exact) mass is 513 g/mol. The number of hydrogen-bond acceptors (Lipinski definition) is 5. The Bertz CT molecular complexity index is 1120. The van der Waals surface area contributed by atoms with Gasteiger partial charge in [-0.05, 0) is 98.5 Å². The van der Waals surface area contributed by atoms with E-state index in [9.17, 15) is 18.0 Å². The molecule has 7 rings (SSSR count). The molecule has 0 radical (unpaired) electrons. The molecule has 6 aliphatic rings. The zero-order chi connectivity index (χ0) is 25.1. The molecule has 6 fully saturated rings. The minimum atomic E-state index is -3.69. The summed E-state index contributed by atoms with van der Waals surface area (Å²) in [5, 5.41) is 5.89. The lowest BCUT2D eigenvalue weighted by Crippen LogP contribution is -2.51. The highest BCUT2D eigenvalue weighted by molar-refractivity contribution is 7.89. The van der Waals surface area contributed by atoms with Crippen molar-refractivity contribution in [2.24, 2.45) is 29.1 Å². The van der Waals surface area contributed by atoms with E-state index in [0.29, 0.717) is 18.5 Å². The van der Waals surface area contributed by atoms with E-state index in [2.05, 4.69) is 17.2 Å². The van der Waals surface area contributed by atoms with Crippen molar-refractivity contribution in [1.82, 2.24) is 14.9 Å². The number of nitrogens with one attached hydrogen (secondary N) is 2. The molecule has 2 heterocycles. The van der Waals surface area contributed by atoms with Gasteiger partial charge >= 0.3 is 0 Å². The van der Waals surface area contributed by atoms with Gasteiger partial charge < -0.3 is 15.4 Å². The maximum Gasteiger partial charge on any atom is 0.251 e. The summed E-state index contributed by atoms with van der Waals surface area (Å²) in [6.45, 7) is 4.76. The number of sulfonamides is 1. The van der Waals surface area contributed by atoms with Crippen molar-refractivity contribution in [2.45, 2.75) is 62.2 Å². The average molecular weight is 514 g/mol. The van der Waals surface area contributed by atoms with Crippen molar-refractivity contribution in [3.05, 3.63) is 42.5 Å². The molecule has 1 aromatic rings. The smallest absolute Gasteiger partial charge is 0.251 e. The van der Waals surface area contributed by atoms with Gasteiger partial charge in [0, 0.05) is 31.1 Å². The molecule has 36 heavy (non-hydrogen) atoms. The van der Waals surface area contributed by atoms with Gasteiger partial charge in [-0.15, -0.1) is 0 Å². The van der Waals surface area contributed by atoms with Gasteiger partial charge in [0.05, 0.1) is 11.0 Å². The second-order valence-corrected chi connectivity index (χ2v) is 13.8. The maximum atomic E-state index is 13.2. The number of ether oxygens (including phenoxy) is 1. The molecular formula is C27H35N3O5S. The molecule has 4 bridgehead atoms. The van der Waals surface area contributed by atoms with E-state index in [4.69, 9.17) is 4.74 Å². The van der Waals surface area contributed by atoms with E-state index in [1.54, 1.807) is 12.1 Å². The van der Waals surface area contributed by atoms with Gasteiger partial charge in [-0.3, -0.25) is 9.59 Å². The third-order valence-corrected chi connectivity index (χ3v) is 11.1. The Balaban J connectivity index is 1.05. The predicted octanol–water partition coefficient (Wildman–Crippen LogP) is 2.67. The molecule has 2 N–H and O–H groups in total. The number of nitrogens with zero attached hydrogens (tertiary/aromatic N) is 1. The number of carbonyl (C=O) groups excluding carboxylic acids is 2. The molecule has 8 nitrogen and oxygen atoms in total. The molecule has 9 heteroatoms. The number of benzene rings is 1. The second kappa shape index (κ2) is 8.96. The first kappa shape index (κ1) is 24.1. The number of rotatable bonds is 7. The van der Waals surface area contributed by atoms with Gasteiger partial charge in [0.15, 0.2) is 0 Å². The Morgan fingerprint density at radius 3 is 2.25 bits per heavy atom. The first-order chi connectivity index (χ1) is 17.2. The van der Waals surface area contributed by atoms with Crippen LogP contribution in [-0.2, 0) is 19.6 Å². The van der Waals surface area contributed by atoms with E-state index in [-0.39, 0.29) is 40.7 Å². The minimum absolute atomic E-state index is 0.0320. The van der Waals surface area contributed by atoms with Crippen LogP contribution in [0.25, 0.3) is 0 Å². The fraction of sp³-hybridized carbons (Fsp3) is 0.630. The summed E-state index contributed by atoms with van der Waals surface area (Å²) in [5.74, 6) is 2.11. The molecule has 3 unspecified atom stereocenters. The largest absolute Gasteiger partial charge is 0.354 e. The summed E-state index contributed by atoms with van der Waals surface area (Å²) in [6, 6.07) is 6.26. The van der Waals surface area contributed by atoms with Crippen molar-refractivity contribution in [3.8, 4) is 0 Å². The average Bonchev–Trinajstić information content (AvgIpc) is 3.41. The molecule has 2 saturated heterocycles. The minimum Gasteiger partial charge on any atom is -0.354 e. The zero-order valence-corrected chi connectivity index (χ0v) is 21.3. The van der Waals surface area contributed by atoms with Crippen LogP contribution in [0.15, 0.2) is 41.8 Å². The van der Waals surface area contributed by atoms with Gasteiger partial charge in [-0.2, -0.15) is 4.31 Å². The fourth-order valence-corrected chi connectivity index (χ4v) is 9.54. The third-order valence-electron chi connectivity index (χ3n) is 9.24. The van der Waals surface area contributed by atoms with E-state index >= 15 is 0 Å². The summed E-state index contributed by atoms with van der Waals surface area (Å²) in [5.41, 5.74) is 0.748. The number of amides is 2. The Labute approximate surface area is 212 Å². The van der Waals surface area contributed by atoms with Gasteiger partial charge in [-0.1, -0.05) is 6.58 Å². The number of carbonyl (C=O) groups is 2. The third kappa shape index (κ3) is 4.39. The van der Waals surface area contributed by atoms with Crippen LogP contribution in [-0.4, -0.2) is 56.5 Å². The van der Waals surface area contributed by atoms with Crippen molar-refractivity contribution < 1.29 is 22.7 Å². The van der Waals surface area contributed by atoms with E-state index in [1.165, 1.54) is 61.0 Å². The lowest BCUT2D eigenvalue weighted by Gasteiger charge is -2.56. The van der Waals surface area contributed by atoms with Crippen LogP contribution >= 0.6 is 0 Å². The highest BCUT2D eigenvalue weighted by Crippen LogP contribution is 2.59. The molecule has 194 valence electrons. The maximum absolute atomic E-state index is 13.2. The van der Waals surface area contributed by atoms with Gasteiger partial charge in [-0.25, -0.2) is 8.42 Å². The quantitative estimate of drug-likeness (QED) is 0.546. The highest BCUT2D eigenvalue weighted by Gasteiger charge is 2.51. The molecule has 1 aromatic carbocycles. The van der Waals surface area contributed by atoms with E-state index in [1.807, 2.05) is 0 Å². The fourth-order valence-electron chi connectivity index (χ4n) is 8.04. The Hall–Kier alpha value is -2.23. The molecule has 4 saturated carbocycles. The van der Waals surface area contributed by atoms with Crippen LogP contribution in [0.4, 0.5) is 0 Å². The molecule has 4 aliphatic carbocycles. The molecular weight excluding hydrogens is 478 g/mol. The van der Waals surface area contributed by atoms with Crippen LogP contribution < -0.4 is 10.6 Å². The summed E-state index contributed by atoms with van der Waals surface area (Å²) in [7, 11) is -3.69. The summed E-state index contributed by atoms with van der Waals surface area (Å²) < 4.78 is 33.7. The highest BCUT2D eigenvalue weighted by atomic mass is 32.2. The standard InChI is InChI=1S/C27H35N3O5S/c1-2-24(31)29-25-10-21-14-30(15-23(21)35-25)36(33,34)22-5-3-20(4-6-22)26(32)28-16-27-11-17-7-18(12-27)9-19(8-17)13-27/h2-6,17-19,21,23,25H,1,7-16H2,(H,28,32)(H,29,31). The van der Waals surface area contributed by atoms with Crippen molar-refractivity contribution in [3.63, 3.8) is 0 Å². The number of hydrogen-bond donors (Lipinski definition) is 2.